The molecule has 0 atom stereocenters. The van der Waals surface area contributed by atoms with Crippen molar-refractivity contribution < 1.29 is 19.0 Å². The molecule has 0 aliphatic carbocycles. The largest absolute Gasteiger partial charge is 0.496 e. The van der Waals surface area contributed by atoms with E-state index in [2.05, 4.69) is 15.6 Å². The first-order chi connectivity index (χ1) is 14.1. The van der Waals surface area contributed by atoms with E-state index in [1.54, 1.807) is 39.7 Å². The second-order valence-corrected chi connectivity index (χ2v) is 6.15. The van der Waals surface area contributed by atoms with E-state index in [0.717, 1.165) is 17.0 Å². The van der Waals surface area contributed by atoms with Crippen LogP contribution in [0.25, 0.3) is 0 Å². The van der Waals surface area contributed by atoms with Crippen LogP contribution in [0.2, 0.25) is 0 Å². The van der Waals surface area contributed by atoms with E-state index in [0.29, 0.717) is 29.3 Å². The highest BCUT2D eigenvalue weighted by Gasteiger charge is 2.10. The van der Waals surface area contributed by atoms with Crippen LogP contribution in [0, 0.1) is 0 Å². The van der Waals surface area contributed by atoms with Crippen LogP contribution in [0.1, 0.15) is 15.9 Å². The predicted octanol–water partition coefficient (Wildman–Crippen LogP) is 3.78. The third-order valence-electron chi connectivity index (χ3n) is 4.30. The van der Waals surface area contributed by atoms with Crippen LogP contribution in [-0.2, 0) is 6.54 Å². The van der Waals surface area contributed by atoms with Gasteiger partial charge in [-0.1, -0.05) is 18.2 Å². The van der Waals surface area contributed by atoms with Gasteiger partial charge < -0.3 is 24.8 Å². The van der Waals surface area contributed by atoms with Gasteiger partial charge in [0.05, 0.1) is 38.8 Å². The number of hydrogen-bond acceptors (Lipinski definition) is 6. The average molecular weight is 393 g/mol. The molecule has 7 heteroatoms. The highest BCUT2D eigenvalue weighted by Crippen LogP contribution is 2.31. The number of ether oxygens (including phenoxy) is 3. The lowest BCUT2D eigenvalue weighted by Crippen LogP contribution is -2.23. The van der Waals surface area contributed by atoms with Crippen molar-refractivity contribution in [2.45, 2.75) is 6.54 Å². The van der Waals surface area contributed by atoms with Crippen LogP contribution in [0.15, 0.2) is 60.9 Å². The van der Waals surface area contributed by atoms with Gasteiger partial charge in [0.15, 0.2) is 11.5 Å². The number of hydrogen-bond donors (Lipinski definition) is 2. The predicted molar refractivity (Wildman–Crippen MR) is 111 cm³/mol. The Bertz CT molecular complexity index is 991. The molecule has 0 radical (unpaired) electrons. The van der Waals surface area contributed by atoms with Crippen LogP contribution in [0.5, 0.6) is 17.2 Å². The molecule has 7 nitrogen and oxygen atoms in total. The summed E-state index contributed by atoms with van der Waals surface area (Å²) in [4.78, 5) is 16.7. The Hall–Kier alpha value is -3.74. The minimum atomic E-state index is -0.223. The van der Waals surface area contributed by atoms with Crippen molar-refractivity contribution in [1.82, 2.24) is 10.3 Å². The number of amides is 1. The summed E-state index contributed by atoms with van der Waals surface area (Å²) in [5.74, 6) is 1.76. The Morgan fingerprint density at radius 3 is 2.38 bits per heavy atom. The molecule has 0 fully saturated rings. The summed E-state index contributed by atoms with van der Waals surface area (Å²) in [6.45, 7) is 0.357. The van der Waals surface area contributed by atoms with Crippen LogP contribution in [0.4, 0.5) is 11.4 Å². The fourth-order valence-electron chi connectivity index (χ4n) is 2.84. The van der Waals surface area contributed by atoms with Crippen molar-refractivity contribution in [2.75, 3.05) is 26.6 Å². The topological polar surface area (TPSA) is 81.7 Å². The van der Waals surface area contributed by atoms with E-state index < -0.39 is 0 Å². The van der Waals surface area contributed by atoms with Gasteiger partial charge in [-0.2, -0.15) is 0 Å². The number of rotatable bonds is 8. The highest BCUT2D eigenvalue weighted by atomic mass is 16.5. The molecule has 29 heavy (non-hydrogen) atoms. The van der Waals surface area contributed by atoms with Crippen LogP contribution in [0.3, 0.4) is 0 Å². The van der Waals surface area contributed by atoms with Crippen molar-refractivity contribution >= 4 is 17.3 Å². The molecule has 150 valence electrons. The number of nitrogens with zero attached hydrogens (tertiary/aromatic N) is 1. The zero-order valence-electron chi connectivity index (χ0n) is 16.6. The average Bonchev–Trinajstić information content (AvgIpc) is 2.77. The number of para-hydroxylation sites is 1. The van der Waals surface area contributed by atoms with Gasteiger partial charge in [0, 0.05) is 30.1 Å². The Kier molecular flexibility index (Phi) is 6.52. The van der Waals surface area contributed by atoms with E-state index in [9.17, 15) is 4.79 Å². The number of nitrogens with one attached hydrogen (secondary N) is 2. The lowest BCUT2D eigenvalue weighted by molar-refractivity contribution is 0.0950. The molecule has 2 N–H and O–H groups in total. The monoisotopic (exact) mass is 393 g/mol. The molecular formula is C22H23N3O4. The summed E-state index contributed by atoms with van der Waals surface area (Å²) in [5, 5.41) is 6.11. The Morgan fingerprint density at radius 1 is 0.862 bits per heavy atom. The van der Waals surface area contributed by atoms with E-state index in [-0.39, 0.29) is 5.91 Å². The van der Waals surface area contributed by atoms with Gasteiger partial charge in [0.2, 0.25) is 0 Å². The van der Waals surface area contributed by atoms with Gasteiger partial charge in [0.25, 0.3) is 5.91 Å². The van der Waals surface area contributed by atoms with E-state index in [4.69, 9.17) is 14.2 Å². The van der Waals surface area contributed by atoms with Crippen molar-refractivity contribution in [3.63, 3.8) is 0 Å². The molecule has 3 aromatic rings. The smallest absolute Gasteiger partial charge is 0.253 e. The van der Waals surface area contributed by atoms with Gasteiger partial charge >= 0.3 is 0 Å². The molecule has 0 saturated carbocycles. The van der Waals surface area contributed by atoms with Crippen molar-refractivity contribution in [3.05, 3.63) is 72.1 Å². The third kappa shape index (κ3) is 4.95. The quantitative estimate of drug-likeness (QED) is 0.606. The second-order valence-electron chi connectivity index (χ2n) is 6.15. The van der Waals surface area contributed by atoms with Crippen LogP contribution in [-0.4, -0.2) is 32.2 Å². The standard InChI is InChI=1S/C22H23N3O4/c1-27-19-7-5-4-6-15(19)13-24-22(26)16-10-18(14-23-12-16)25-17-8-9-20(28-2)21(11-17)29-3/h4-12,14,25H,13H2,1-3H3,(H,24,26). The van der Waals surface area contributed by atoms with Gasteiger partial charge in [-0.3, -0.25) is 9.78 Å². The maximum Gasteiger partial charge on any atom is 0.253 e. The van der Waals surface area contributed by atoms with Crippen molar-refractivity contribution in [1.29, 1.82) is 0 Å². The fourth-order valence-corrected chi connectivity index (χ4v) is 2.84. The van der Waals surface area contributed by atoms with E-state index >= 15 is 0 Å². The number of benzene rings is 2. The Morgan fingerprint density at radius 2 is 1.62 bits per heavy atom. The molecule has 0 aliphatic rings. The zero-order chi connectivity index (χ0) is 20.6. The maximum atomic E-state index is 12.5. The summed E-state index contributed by atoms with van der Waals surface area (Å²) in [7, 11) is 4.77. The number of carbonyl (C=O) groups is 1. The molecule has 1 aromatic heterocycles. The summed E-state index contributed by atoms with van der Waals surface area (Å²) in [5.41, 5.74) is 2.82. The zero-order valence-corrected chi connectivity index (χ0v) is 16.6. The molecule has 2 aromatic carbocycles. The molecule has 3 rings (SSSR count). The first-order valence-electron chi connectivity index (χ1n) is 8.98. The molecule has 1 amide bonds. The lowest BCUT2D eigenvalue weighted by Gasteiger charge is -2.12. The minimum Gasteiger partial charge on any atom is -0.496 e. The van der Waals surface area contributed by atoms with E-state index in [1.807, 2.05) is 36.4 Å². The summed E-state index contributed by atoms with van der Waals surface area (Å²) in [6.07, 6.45) is 3.17. The molecule has 0 bridgehead atoms. The SMILES string of the molecule is COc1ccccc1CNC(=O)c1cncc(Nc2ccc(OC)c(OC)c2)c1. The van der Waals surface area contributed by atoms with Gasteiger partial charge in [0.1, 0.15) is 5.75 Å². The van der Waals surface area contributed by atoms with Gasteiger partial charge in [-0.05, 0) is 24.3 Å². The number of aromatic nitrogens is 1. The molecule has 0 aliphatic heterocycles. The number of anilines is 2. The number of methoxy groups -OCH3 is 3. The first kappa shape index (κ1) is 20.0. The van der Waals surface area contributed by atoms with Gasteiger partial charge in [-0.15, -0.1) is 0 Å². The molecule has 0 unspecified atom stereocenters. The van der Waals surface area contributed by atoms with Crippen LogP contribution < -0.4 is 24.8 Å². The normalized spacial score (nSPS) is 10.2. The minimum absolute atomic E-state index is 0.223. The summed E-state index contributed by atoms with van der Waals surface area (Å²) < 4.78 is 15.9. The number of carbonyl (C=O) groups excluding carboxylic acids is 1. The van der Waals surface area contributed by atoms with Crippen molar-refractivity contribution in [3.8, 4) is 17.2 Å². The molecular weight excluding hydrogens is 370 g/mol. The maximum absolute atomic E-state index is 12.5. The summed E-state index contributed by atoms with van der Waals surface area (Å²) in [6, 6.07) is 14.8. The van der Waals surface area contributed by atoms with Crippen molar-refractivity contribution in [2.24, 2.45) is 0 Å². The third-order valence-corrected chi connectivity index (χ3v) is 4.30. The molecule has 0 saturated heterocycles. The number of pyridine rings is 1. The highest BCUT2D eigenvalue weighted by molar-refractivity contribution is 5.94. The van der Waals surface area contributed by atoms with E-state index in [1.165, 1.54) is 6.20 Å². The summed E-state index contributed by atoms with van der Waals surface area (Å²) >= 11 is 0. The Labute approximate surface area is 169 Å². The second kappa shape index (κ2) is 9.45. The lowest BCUT2D eigenvalue weighted by atomic mass is 10.2. The van der Waals surface area contributed by atoms with Gasteiger partial charge in [-0.25, -0.2) is 0 Å². The fraction of sp³-hybridized carbons (Fsp3) is 0.182. The molecule has 0 spiro atoms. The first-order valence-corrected chi connectivity index (χ1v) is 8.98. The Balaban J connectivity index is 1.69. The van der Waals surface area contributed by atoms with Crippen LogP contribution >= 0.6 is 0 Å². The molecule has 1 heterocycles.